The van der Waals surface area contributed by atoms with Crippen molar-refractivity contribution in [3.63, 3.8) is 0 Å². The Bertz CT molecular complexity index is 573. The number of aliphatic hydroxyl groups is 1. The second-order valence-corrected chi connectivity index (χ2v) is 4.16. The van der Waals surface area contributed by atoms with Crippen LogP contribution in [0.5, 0.6) is 5.75 Å². The van der Waals surface area contributed by atoms with Gasteiger partial charge in [0.05, 0.1) is 12.3 Å². The molecule has 0 saturated heterocycles. The summed E-state index contributed by atoms with van der Waals surface area (Å²) in [5, 5.41) is 9.55. The van der Waals surface area contributed by atoms with Crippen LogP contribution < -0.4 is 4.74 Å². The van der Waals surface area contributed by atoms with Gasteiger partial charge in [-0.05, 0) is 31.2 Å². The van der Waals surface area contributed by atoms with E-state index in [4.69, 9.17) is 4.74 Å². The van der Waals surface area contributed by atoms with Gasteiger partial charge in [0.1, 0.15) is 24.0 Å². The zero-order valence-corrected chi connectivity index (χ0v) is 10.3. The first-order valence-electron chi connectivity index (χ1n) is 5.76. The number of ether oxygens (including phenoxy) is 1. The predicted molar refractivity (Wildman–Crippen MR) is 65.6 cm³/mol. The van der Waals surface area contributed by atoms with E-state index in [9.17, 15) is 13.9 Å². The summed E-state index contributed by atoms with van der Waals surface area (Å²) in [6.07, 6.45) is 1.73. The van der Waals surface area contributed by atoms with Crippen LogP contribution in [0.3, 0.4) is 0 Å². The molecule has 0 aliphatic heterocycles. The van der Waals surface area contributed by atoms with Crippen LogP contribution in [0.2, 0.25) is 0 Å². The van der Waals surface area contributed by atoms with Crippen molar-refractivity contribution in [2.45, 2.75) is 19.6 Å². The van der Waals surface area contributed by atoms with Crippen molar-refractivity contribution < 1.29 is 18.6 Å². The van der Waals surface area contributed by atoms with Gasteiger partial charge < -0.3 is 9.84 Å². The van der Waals surface area contributed by atoms with E-state index in [1.807, 2.05) is 0 Å². The number of hydrogen-bond acceptors (Lipinski definition) is 3. The zero-order chi connectivity index (χ0) is 13.8. The standard InChI is InChI=1S/C14H13F2NO2/c1-9(18)13-5-11(15)2-3-14(13)19-8-10-4-12(16)7-17-6-10/h2-7,9,18H,8H2,1H3/t9-/m1/s1. The van der Waals surface area contributed by atoms with Crippen LogP contribution in [0.1, 0.15) is 24.2 Å². The highest BCUT2D eigenvalue weighted by Crippen LogP contribution is 2.26. The lowest BCUT2D eigenvalue weighted by Crippen LogP contribution is -2.02. The van der Waals surface area contributed by atoms with Gasteiger partial charge in [0, 0.05) is 17.3 Å². The number of hydrogen-bond donors (Lipinski definition) is 1. The van der Waals surface area contributed by atoms with Crippen LogP contribution >= 0.6 is 0 Å². The molecule has 3 nitrogen and oxygen atoms in total. The van der Waals surface area contributed by atoms with Crippen LogP contribution in [0.15, 0.2) is 36.7 Å². The van der Waals surface area contributed by atoms with Gasteiger partial charge in [0.15, 0.2) is 0 Å². The third-order valence-electron chi connectivity index (χ3n) is 2.58. The summed E-state index contributed by atoms with van der Waals surface area (Å²) in [6.45, 7) is 1.61. The Morgan fingerprint density at radius 1 is 1.21 bits per heavy atom. The minimum absolute atomic E-state index is 0.0934. The zero-order valence-electron chi connectivity index (χ0n) is 10.3. The van der Waals surface area contributed by atoms with Crippen molar-refractivity contribution in [1.29, 1.82) is 0 Å². The van der Waals surface area contributed by atoms with E-state index in [1.165, 1.54) is 37.4 Å². The Morgan fingerprint density at radius 3 is 2.68 bits per heavy atom. The number of pyridine rings is 1. The van der Waals surface area contributed by atoms with Gasteiger partial charge in [0.2, 0.25) is 0 Å². The molecule has 0 saturated carbocycles. The van der Waals surface area contributed by atoms with Crippen molar-refractivity contribution in [3.05, 3.63) is 59.4 Å². The van der Waals surface area contributed by atoms with Crippen molar-refractivity contribution in [3.8, 4) is 5.75 Å². The molecule has 1 aromatic heterocycles. The third-order valence-corrected chi connectivity index (χ3v) is 2.58. The average molecular weight is 265 g/mol. The molecule has 1 N–H and O–H groups in total. The smallest absolute Gasteiger partial charge is 0.141 e. The molecule has 1 heterocycles. The molecule has 19 heavy (non-hydrogen) atoms. The molecule has 0 radical (unpaired) electrons. The van der Waals surface area contributed by atoms with Crippen LogP contribution in [0, 0.1) is 11.6 Å². The van der Waals surface area contributed by atoms with Crippen LogP contribution in [0.4, 0.5) is 8.78 Å². The number of nitrogens with zero attached hydrogens (tertiary/aromatic N) is 1. The topological polar surface area (TPSA) is 42.4 Å². The van der Waals surface area contributed by atoms with Gasteiger partial charge in [0.25, 0.3) is 0 Å². The number of aliphatic hydroxyl groups excluding tert-OH is 1. The summed E-state index contributed by atoms with van der Waals surface area (Å²) in [5.74, 6) is -0.535. The van der Waals surface area contributed by atoms with E-state index >= 15 is 0 Å². The van der Waals surface area contributed by atoms with Gasteiger partial charge in [-0.15, -0.1) is 0 Å². The van der Waals surface area contributed by atoms with E-state index in [-0.39, 0.29) is 6.61 Å². The first-order chi connectivity index (χ1) is 9.06. The Hall–Kier alpha value is -2.01. The van der Waals surface area contributed by atoms with Crippen molar-refractivity contribution in [1.82, 2.24) is 4.98 Å². The Balaban J connectivity index is 2.15. The molecule has 100 valence electrons. The molecule has 0 amide bonds. The SMILES string of the molecule is C[C@@H](O)c1cc(F)ccc1OCc1cncc(F)c1. The lowest BCUT2D eigenvalue weighted by molar-refractivity contribution is 0.189. The van der Waals surface area contributed by atoms with E-state index in [2.05, 4.69) is 4.98 Å². The van der Waals surface area contributed by atoms with Crippen molar-refractivity contribution >= 4 is 0 Å². The molecule has 1 aromatic carbocycles. The maximum atomic E-state index is 13.1. The maximum Gasteiger partial charge on any atom is 0.141 e. The second kappa shape index (κ2) is 5.75. The number of aromatic nitrogens is 1. The number of halogens is 2. The summed E-state index contributed by atoms with van der Waals surface area (Å²) in [6, 6.07) is 5.19. The normalized spacial score (nSPS) is 12.2. The molecule has 0 spiro atoms. The van der Waals surface area contributed by atoms with Crippen LogP contribution in [-0.2, 0) is 6.61 Å². The minimum Gasteiger partial charge on any atom is -0.488 e. The average Bonchev–Trinajstić information content (AvgIpc) is 2.37. The first-order valence-corrected chi connectivity index (χ1v) is 5.76. The minimum atomic E-state index is -0.851. The fourth-order valence-electron chi connectivity index (χ4n) is 1.67. The van der Waals surface area contributed by atoms with Crippen LogP contribution in [0.25, 0.3) is 0 Å². The van der Waals surface area contributed by atoms with Crippen molar-refractivity contribution in [2.75, 3.05) is 0 Å². The quantitative estimate of drug-likeness (QED) is 0.924. The Labute approximate surface area is 109 Å². The lowest BCUT2D eigenvalue weighted by Gasteiger charge is -2.13. The lowest BCUT2D eigenvalue weighted by atomic mass is 10.1. The Morgan fingerprint density at radius 2 is 2.00 bits per heavy atom. The Kier molecular flexibility index (Phi) is 4.06. The fraction of sp³-hybridized carbons (Fsp3) is 0.214. The molecule has 0 aliphatic rings. The van der Waals surface area contributed by atoms with Gasteiger partial charge in [-0.2, -0.15) is 0 Å². The monoisotopic (exact) mass is 265 g/mol. The molecule has 0 bridgehead atoms. The second-order valence-electron chi connectivity index (χ2n) is 4.16. The summed E-state index contributed by atoms with van der Waals surface area (Å²) < 4.78 is 31.5. The fourth-order valence-corrected chi connectivity index (χ4v) is 1.67. The largest absolute Gasteiger partial charge is 0.488 e. The van der Waals surface area contributed by atoms with Gasteiger partial charge in [-0.1, -0.05) is 0 Å². The highest BCUT2D eigenvalue weighted by Gasteiger charge is 2.11. The van der Waals surface area contributed by atoms with Crippen LogP contribution in [-0.4, -0.2) is 10.1 Å². The predicted octanol–water partition coefficient (Wildman–Crippen LogP) is 2.99. The maximum absolute atomic E-state index is 13.1. The molecule has 1 atom stereocenters. The number of rotatable bonds is 4. The van der Waals surface area contributed by atoms with E-state index in [0.29, 0.717) is 16.9 Å². The van der Waals surface area contributed by atoms with Crippen molar-refractivity contribution in [2.24, 2.45) is 0 Å². The summed E-state index contributed by atoms with van der Waals surface area (Å²) in [4.78, 5) is 3.70. The summed E-state index contributed by atoms with van der Waals surface area (Å²) in [7, 11) is 0. The molecule has 2 aromatic rings. The molecular weight excluding hydrogens is 252 g/mol. The molecule has 2 rings (SSSR count). The van der Waals surface area contributed by atoms with Gasteiger partial charge in [-0.25, -0.2) is 8.78 Å². The third kappa shape index (κ3) is 3.48. The molecule has 5 heteroatoms. The van der Waals surface area contributed by atoms with E-state index < -0.39 is 17.7 Å². The molecular formula is C14H13F2NO2. The summed E-state index contributed by atoms with van der Waals surface area (Å²) in [5.41, 5.74) is 0.908. The van der Waals surface area contributed by atoms with E-state index in [0.717, 1.165) is 6.20 Å². The molecule has 0 unspecified atom stereocenters. The van der Waals surface area contributed by atoms with Gasteiger partial charge in [-0.3, -0.25) is 4.98 Å². The number of benzene rings is 1. The summed E-state index contributed by atoms with van der Waals surface area (Å²) >= 11 is 0. The van der Waals surface area contributed by atoms with E-state index in [1.54, 1.807) is 0 Å². The first kappa shape index (κ1) is 13.4. The van der Waals surface area contributed by atoms with Gasteiger partial charge >= 0.3 is 0 Å². The highest BCUT2D eigenvalue weighted by atomic mass is 19.1. The highest BCUT2D eigenvalue weighted by molar-refractivity contribution is 5.35. The molecule has 0 fully saturated rings. The molecule has 0 aliphatic carbocycles.